The minimum absolute atomic E-state index is 0.0375. The van der Waals surface area contributed by atoms with Crippen molar-refractivity contribution in [2.45, 2.75) is 6.42 Å². The van der Waals surface area contributed by atoms with Gasteiger partial charge in [0.15, 0.2) is 6.61 Å². The van der Waals surface area contributed by atoms with Crippen LogP contribution in [0.3, 0.4) is 0 Å². The summed E-state index contributed by atoms with van der Waals surface area (Å²) in [5.41, 5.74) is 5.63. The molecular weight excluding hydrogens is 198 g/mol. The summed E-state index contributed by atoms with van der Waals surface area (Å²) in [7, 11) is 0. The topological polar surface area (TPSA) is 89.6 Å². The molecule has 1 aromatic rings. The molecule has 0 aliphatic carbocycles. The van der Waals surface area contributed by atoms with Crippen molar-refractivity contribution >= 4 is 11.9 Å². The molecule has 0 spiro atoms. The summed E-state index contributed by atoms with van der Waals surface area (Å²) < 4.78 is 4.99. The van der Waals surface area contributed by atoms with Crippen LogP contribution in [0.4, 0.5) is 0 Å². The van der Waals surface area contributed by atoms with Crippen LogP contribution in [0.1, 0.15) is 5.56 Å². The Morgan fingerprint density at radius 1 is 1.33 bits per heavy atom. The third-order valence-corrected chi connectivity index (χ3v) is 1.69. The molecule has 5 heteroatoms. The fourth-order valence-electron chi connectivity index (χ4n) is 1.12. The van der Waals surface area contributed by atoms with Crippen LogP contribution in [0, 0.1) is 0 Å². The summed E-state index contributed by atoms with van der Waals surface area (Å²) in [5, 5.41) is 8.43. The highest BCUT2D eigenvalue weighted by molar-refractivity contribution is 5.77. The van der Waals surface area contributed by atoms with Gasteiger partial charge in [-0.2, -0.15) is 0 Å². The van der Waals surface area contributed by atoms with E-state index in [0.29, 0.717) is 11.3 Å². The van der Waals surface area contributed by atoms with Crippen molar-refractivity contribution < 1.29 is 19.4 Å². The monoisotopic (exact) mass is 209 g/mol. The molecule has 1 amide bonds. The largest absolute Gasteiger partial charge is 0.482 e. The molecule has 0 aliphatic heterocycles. The van der Waals surface area contributed by atoms with Gasteiger partial charge in [0.2, 0.25) is 5.91 Å². The molecule has 0 saturated heterocycles. The van der Waals surface area contributed by atoms with Gasteiger partial charge in [-0.05, 0) is 6.07 Å². The molecule has 15 heavy (non-hydrogen) atoms. The van der Waals surface area contributed by atoms with E-state index in [0.717, 1.165) is 0 Å². The van der Waals surface area contributed by atoms with E-state index < -0.39 is 18.5 Å². The highest BCUT2D eigenvalue weighted by Gasteiger charge is 2.07. The van der Waals surface area contributed by atoms with Gasteiger partial charge >= 0.3 is 5.97 Å². The third kappa shape index (κ3) is 3.68. The number of benzene rings is 1. The van der Waals surface area contributed by atoms with Gasteiger partial charge in [0, 0.05) is 5.56 Å². The van der Waals surface area contributed by atoms with Gasteiger partial charge < -0.3 is 15.6 Å². The van der Waals surface area contributed by atoms with Gasteiger partial charge in [-0.15, -0.1) is 0 Å². The number of rotatable bonds is 5. The molecular formula is C10H11NO4. The zero-order chi connectivity index (χ0) is 11.3. The summed E-state index contributed by atoms with van der Waals surface area (Å²) in [5.74, 6) is -1.18. The van der Waals surface area contributed by atoms with Gasteiger partial charge in [-0.25, -0.2) is 4.79 Å². The van der Waals surface area contributed by atoms with Gasteiger partial charge in [0.1, 0.15) is 5.75 Å². The van der Waals surface area contributed by atoms with Crippen molar-refractivity contribution in [1.82, 2.24) is 0 Å². The zero-order valence-corrected chi connectivity index (χ0v) is 7.97. The molecule has 0 saturated carbocycles. The van der Waals surface area contributed by atoms with Gasteiger partial charge in [-0.3, -0.25) is 4.79 Å². The molecule has 1 aromatic carbocycles. The SMILES string of the molecule is NC(=O)Cc1ccccc1OCC(=O)O. The first-order valence-corrected chi connectivity index (χ1v) is 4.30. The number of carbonyl (C=O) groups is 2. The first-order valence-electron chi connectivity index (χ1n) is 4.30. The van der Waals surface area contributed by atoms with Crippen LogP contribution in [0.5, 0.6) is 5.75 Å². The maximum absolute atomic E-state index is 10.7. The second kappa shape index (κ2) is 4.99. The van der Waals surface area contributed by atoms with Crippen LogP contribution in [-0.2, 0) is 16.0 Å². The Balaban J connectivity index is 2.76. The summed E-state index contributed by atoms with van der Waals surface area (Å²) in [4.78, 5) is 21.0. The van der Waals surface area contributed by atoms with E-state index in [9.17, 15) is 9.59 Å². The van der Waals surface area contributed by atoms with E-state index in [1.807, 2.05) is 0 Å². The average molecular weight is 209 g/mol. The van der Waals surface area contributed by atoms with Gasteiger partial charge in [0.25, 0.3) is 0 Å². The maximum atomic E-state index is 10.7. The van der Waals surface area contributed by atoms with Crippen molar-refractivity contribution in [3.63, 3.8) is 0 Å². The normalized spacial score (nSPS) is 9.60. The van der Waals surface area contributed by atoms with Crippen molar-refractivity contribution in [2.24, 2.45) is 5.73 Å². The second-order valence-electron chi connectivity index (χ2n) is 2.93. The number of ether oxygens (including phenoxy) is 1. The van der Waals surface area contributed by atoms with Crippen molar-refractivity contribution in [3.05, 3.63) is 29.8 Å². The molecule has 3 N–H and O–H groups in total. The fourth-order valence-corrected chi connectivity index (χ4v) is 1.12. The predicted molar refractivity (Wildman–Crippen MR) is 52.5 cm³/mol. The van der Waals surface area contributed by atoms with E-state index in [-0.39, 0.29) is 6.42 Å². The van der Waals surface area contributed by atoms with Crippen LogP contribution in [0.2, 0.25) is 0 Å². The Hall–Kier alpha value is -2.04. The number of hydrogen-bond donors (Lipinski definition) is 2. The Morgan fingerprint density at radius 3 is 2.60 bits per heavy atom. The predicted octanol–water partition coefficient (Wildman–Crippen LogP) is 0.178. The lowest BCUT2D eigenvalue weighted by Gasteiger charge is -2.07. The Kier molecular flexibility index (Phi) is 3.68. The van der Waals surface area contributed by atoms with Crippen LogP contribution in [0.15, 0.2) is 24.3 Å². The first-order chi connectivity index (χ1) is 7.09. The molecule has 0 unspecified atom stereocenters. The smallest absolute Gasteiger partial charge is 0.341 e. The summed E-state index contributed by atoms with van der Waals surface area (Å²) in [6, 6.07) is 6.69. The lowest BCUT2D eigenvalue weighted by atomic mass is 10.1. The number of carbonyl (C=O) groups excluding carboxylic acids is 1. The summed E-state index contributed by atoms with van der Waals surface area (Å²) in [6.45, 7) is -0.435. The van der Waals surface area contributed by atoms with E-state index in [1.54, 1.807) is 24.3 Å². The lowest BCUT2D eigenvalue weighted by Crippen LogP contribution is -2.15. The Labute approximate surface area is 86.5 Å². The zero-order valence-electron chi connectivity index (χ0n) is 7.97. The number of nitrogens with two attached hydrogens (primary N) is 1. The van der Waals surface area contributed by atoms with Crippen LogP contribution in [-0.4, -0.2) is 23.6 Å². The molecule has 80 valence electrons. The van der Waals surface area contributed by atoms with Crippen molar-refractivity contribution in [2.75, 3.05) is 6.61 Å². The van der Waals surface area contributed by atoms with E-state index in [4.69, 9.17) is 15.6 Å². The van der Waals surface area contributed by atoms with Crippen LogP contribution < -0.4 is 10.5 Å². The van der Waals surface area contributed by atoms with E-state index in [2.05, 4.69) is 0 Å². The number of carboxylic acids is 1. The fraction of sp³-hybridized carbons (Fsp3) is 0.200. The molecule has 0 aliphatic rings. The minimum Gasteiger partial charge on any atom is -0.482 e. The average Bonchev–Trinajstić information content (AvgIpc) is 2.15. The number of para-hydroxylation sites is 1. The first kappa shape index (κ1) is 11.0. The van der Waals surface area contributed by atoms with Gasteiger partial charge in [0.05, 0.1) is 6.42 Å². The molecule has 0 radical (unpaired) electrons. The van der Waals surface area contributed by atoms with E-state index in [1.165, 1.54) is 0 Å². The van der Waals surface area contributed by atoms with Crippen LogP contribution in [0.25, 0.3) is 0 Å². The molecule has 0 atom stereocenters. The Bertz CT molecular complexity index is 375. The van der Waals surface area contributed by atoms with Crippen LogP contribution >= 0.6 is 0 Å². The van der Waals surface area contributed by atoms with Gasteiger partial charge in [-0.1, -0.05) is 18.2 Å². The number of aliphatic carboxylic acids is 1. The maximum Gasteiger partial charge on any atom is 0.341 e. The molecule has 5 nitrogen and oxygen atoms in total. The number of amides is 1. The van der Waals surface area contributed by atoms with Crippen molar-refractivity contribution in [1.29, 1.82) is 0 Å². The molecule has 0 aromatic heterocycles. The summed E-state index contributed by atoms with van der Waals surface area (Å²) in [6.07, 6.45) is 0.0375. The highest BCUT2D eigenvalue weighted by Crippen LogP contribution is 2.18. The quantitative estimate of drug-likeness (QED) is 0.723. The second-order valence-corrected chi connectivity index (χ2v) is 2.93. The minimum atomic E-state index is -1.07. The number of carboxylic acid groups (broad SMARTS) is 1. The Morgan fingerprint density at radius 2 is 2.00 bits per heavy atom. The molecule has 0 fully saturated rings. The third-order valence-electron chi connectivity index (χ3n) is 1.69. The number of primary amides is 1. The summed E-state index contributed by atoms with van der Waals surface area (Å²) >= 11 is 0. The lowest BCUT2D eigenvalue weighted by molar-refractivity contribution is -0.139. The standard InChI is InChI=1S/C10H11NO4/c11-9(12)5-7-3-1-2-4-8(7)15-6-10(13)14/h1-4H,5-6H2,(H2,11,12)(H,13,14). The molecule has 0 bridgehead atoms. The highest BCUT2D eigenvalue weighted by atomic mass is 16.5. The molecule has 1 rings (SSSR count). The van der Waals surface area contributed by atoms with Crippen molar-refractivity contribution in [3.8, 4) is 5.75 Å². The molecule has 0 heterocycles. The van der Waals surface area contributed by atoms with E-state index >= 15 is 0 Å². The number of hydrogen-bond acceptors (Lipinski definition) is 3.